The van der Waals surface area contributed by atoms with Crippen molar-refractivity contribution in [1.29, 1.82) is 0 Å². The molecule has 1 unspecified atom stereocenters. The fraction of sp³-hybridized carbons (Fsp3) is 0.917. The molecule has 88 valence electrons. The molecule has 0 aromatic rings. The minimum atomic E-state index is -0.307. The third-order valence-electron chi connectivity index (χ3n) is 3.33. The number of hydrogen-bond donors (Lipinski definition) is 0. The third kappa shape index (κ3) is 3.82. The van der Waals surface area contributed by atoms with Crippen molar-refractivity contribution in [3.63, 3.8) is 0 Å². The Balaban J connectivity index is 2.33. The summed E-state index contributed by atoms with van der Waals surface area (Å²) in [4.78, 5) is 13.6. The van der Waals surface area contributed by atoms with Crippen LogP contribution in [0.5, 0.6) is 0 Å². The van der Waals surface area contributed by atoms with Crippen LogP contribution >= 0.6 is 0 Å². The fourth-order valence-corrected chi connectivity index (χ4v) is 2.26. The largest absolute Gasteiger partial charge is 0.372 e. The SMILES string of the molecule is COC(C)C(=O)N(C)CC1CCCCC1. The van der Waals surface area contributed by atoms with E-state index in [9.17, 15) is 4.79 Å². The zero-order valence-electron chi connectivity index (χ0n) is 10.2. The van der Waals surface area contributed by atoms with E-state index in [1.165, 1.54) is 32.1 Å². The van der Waals surface area contributed by atoms with E-state index < -0.39 is 0 Å². The van der Waals surface area contributed by atoms with Gasteiger partial charge in [0.25, 0.3) is 5.91 Å². The molecule has 1 fully saturated rings. The van der Waals surface area contributed by atoms with Crippen LogP contribution in [0.2, 0.25) is 0 Å². The molecule has 1 aliphatic rings. The number of amides is 1. The van der Waals surface area contributed by atoms with Gasteiger partial charge in [0.1, 0.15) is 6.10 Å². The summed E-state index contributed by atoms with van der Waals surface area (Å²) in [5, 5.41) is 0. The normalized spacial score (nSPS) is 19.9. The molecule has 0 aromatic heterocycles. The second-order valence-electron chi connectivity index (χ2n) is 4.60. The van der Waals surface area contributed by atoms with Crippen LogP contribution in [0.4, 0.5) is 0 Å². The molecule has 3 heteroatoms. The molecule has 0 aliphatic heterocycles. The van der Waals surface area contributed by atoms with Crippen LogP contribution in [-0.4, -0.2) is 37.6 Å². The van der Waals surface area contributed by atoms with Crippen LogP contribution in [0.15, 0.2) is 0 Å². The maximum atomic E-state index is 11.7. The zero-order chi connectivity index (χ0) is 11.3. The van der Waals surface area contributed by atoms with Crippen LogP contribution < -0.4 is 0 Å². The summed E-state index contributed by atoms with van der Waals surface area (Å²) in [6.45, 7) is 2.70. The molecule has 0 N–H and O–H groups in total. The Hall–Kier alpha value is -0.570. The average molecular weight is 213 g/mol. The molecule has 0 radical (unpaired) electrons. The van der Waals surface area contributed by atoms with Gasteiger partial charge < -0.3 is 9.64 Å². The molecular weight excluding hydrogens is 190 g/mol. The molecule has 0 bridgehead atoms. The Morgan fingerprint density at radius 3 is 2.53 bits per heavy atom. The van der Waals surface area contributed by atoms with E-state index in [4.69, 9.17) is 4.74 Å². The van der Waals surface area contributed by atoms with Crippen LogP contribution in [0, 0.1) is 5.92 Å². The second-order valence-corrected chi connectivity index (χ2v) is 4.60. The molecular formula is C12H23NO2. The Bertz CT molecular complexity index is 200. The highest BCUT2D eigenvalue weighted by Gasteiger charge is 2.21. The van der Waals surface area contributed by atoms with Gasteiger partial charge in [0.05, 0.1) is 0 Å². The Labute approximate surface area is 92.8 Å². The van der Waals surface area contributed by atoms with Crippen LogP contribution in [0.1, 0.15) is 39.0 Å². The van der Waals surface area contributed by atoms with Gasteiger partial charge in [0.2, 0.25) is 0 Å². The van der Waals surface area contributed by atoms with Crippen molar-refractivity contribution in [2.45, 2.75) is 45.1 Å². The molecule has 1 aliphatic carbocycles. The van der Waals surface area contributed by atoms with Crippen molar-refractivity contribution in [3.05, 3.63) is 0 Å². The van der Waals surface area contributed by atoms with Gasteiger partial charge in [0.15, 0.2) is 0 Å². The molecule has 1 saturated carbocycles. The Kier molecular flexibility index (Phi) is 5.09. The zero-order valence-corrected chi connectivity index (χ0v) is 10.2. The molecule has 1 amide bonds. The lowest BCUT2D eigenvalue weighted by Gasteiger charge is -2.28. The van der Waals surface area contributed by atoms with Crippen LogP contribution in [0.3, 0.4) is 0 Å². The third-order valence-corrected chi connectivity index (χ3v) is 3.33. The average Bonchev–Trinajstić information content (AvgIpc) is 2.28. The lowest BCUT2D eigenvalue weighted by molar-refractivity contribution is -0.140. The van der Waals surface area contributed by atoms with E-state index >= 15 is 0 Å². The monoisotopic (exact) mass is 213 g/mol. The van der Waals surface area contributed by atoms with Gasteiger partial charge in [-0.3, -0.25) is 4.79 Å². The first-order valence-electron chi connectivity index (χ1n) is 5.93. The standard InChI is InChI=1S/C12H23NO2/c1-10(15-3)12(14)13(2)9-11-7-5-4-6-8-11/h10-11H,4-9H2,1-3H3. The van der Waals surface area contributed by atoms with Crippen molar-refractivity contribution in [3.8, 4) is 0 Å². The number of ether oxygens (including phenoxy) is 1. The summed E-state index contributed by atoms with van der Waals surface area (Å²) in [5.41, 5.74) is 0. The highest BCUT2D eigenvalue weighted by molar-refractivity contribution is 5.80. The molecule has 0 saturated heterocycles. The number of likely N-dealkylation sites (N-methyl/N-ethyl adjacent to an activating group) is 1. The lowest BCUT2D eigenvalue weighted by atomic mass is 9.89. The highest BCUT2D eigenvalue weighted by Crippen LogP contribution is 2.24. The summed E-state index contributed by atoms with van der Waals surface area (Å²) < 4.78 is 5.03. The topological polar surface area (TPSA) is 29.5 Å². The maximum Gasteiger partial charge on any atom is 0.251 e. The first kappa shape index (κ1) is 12.5. The van der Waals surface area contributed by atoms with Gasteiger partial charge in [-0.25, -0.2) is 0 Å². The number of carbonyl (C=O) groups excluding carboxylic acids is 1. The number of nitrogens with zero attached hydrogens (tertiary/aromatic N) is 1. The quantitative estimate of drug-likeness (QED) is 0.715. The van der Waals surface area contributed by atoms with Crippen molar-refractivity contribution in [2.24, 2.45) is 5.92 Å². The number of methoxy groups -OCH3 is 1. The van der Waals surface area contributed by atoms with Gasteiger partial charge in [-0.05, 0) is 25.7 Å². The van der Waals surface area contributed by atoms with Gasteiger partial charge >= 0.3 is 0 Å². The van der Waals surface area contributed by atoms with Crippen molar-refractivity contribution in [2.75, 3.05) is 20.7 Å². The molecule has 3 nitrogen and oxygen atoms in total. The smallest absolute Gasteiger partial charge is 0.251 e. The molecule has 0 aromatic carbocycles. The number of carbonyl (C=O) groups is 1. The first-order chi connectivity index (χ1) is 7.15. The predicted molar refractivity (Wildman–Crippen MR) is 60.7 cm³/mol. The van der Waals surface area contributed by atoms with E-state index in [2.05, 4.69) is 0 Å². The molecule has 1 atom stereocenters. The first-order valence-corrected chi connectivity index (χ1v) is 5.93. The Morgan fingerprint density at radius 1 is 1.40 bits per heavy atom. The number of rotatable bonds is 4. The van der Waals surface area contributed by atoms with Gasteiger partial charge in [0, 0.05) is 20.7 Å². The van der Waals surface area contributed by atoms with E-state index in [1.807, 2.05) is 11.9 Å². The summed E-state index contributed by atoms with van der Waals surface area (Å²) in [5.74, 6) is 0.805. The second kappa shape index (κ2) is 6.11. The van der Waals surface area contributed by atoms with Crippen LogP contribution in [0.25, 0.3) is 0 Å². The summed E-state index contributed by atoms with van der Waals surface area (Å²) in [6.07, 6.45) is 6.26. The molecule has 15 heavy (non-hydrogen) atoms. The van der Waals surface area contributed by atoms with Crippen molar-refractivity contribution < 1.29 is 9.53 Å². The number of hydrogen-bond acceptors (Lipinski definition) is 2. The van der Waals surface area contributed by atoms with Crippen molar-refractivity contribution in [1.82, 2.24) is 4.90 Å². The van der Waals surface area contributed by atoms with Gasteiger partial charge in [-0.15, -0.1) is 0 Å². The van der Waals surface area contributed by atoms with Crippen LogP contribution in [-0.2, 0) is 9.53 Å². The van der Waals surface area contributed by atoms with Gasteiger partial charge in [-0.1, -0.05) is 19.3 Å². The lowest BCUT2D eigenvalue weighted by Crippen LogP contribution is -2.39. The minimum absolute atomic E-state index is 0.100. The summed E-state index contributed by atoms with van der Waals surface area (Å²) in [6, 6.07) is 0. The van der Waals surface area contributed by atoms with E-state index in [1.54, 1.807) is 14.0 Å². The van der Waals surface area contributed by atoms with E-state index in [0.717, 1.165) is 6.54 Å². The predicted octanol–water partition coefficient (Wildman–Crippen LogP) is 2.06. The highest BCUT2D eigenvalue weighted by atomic mass is 16.5. The maximum absolute atomic E-state index is 11.7. The van der Waals surface area contributed by atoms with E-state index in [-0.39, 0.29) is 12.0 Å². The molecule has 1 rings (SSSR count). The Morgan fingerprint density at radius 2 is 2.00 bits per heavy atom. The molecule has 0 spiro atoms. The molecule has 0 heterocycles. The summed E-state index contributed by atoms with van der Waals surface area (Å²) in [7, 11) is 3.46. The summed E-state index contributed by atoms with van der Waals surface area (Å²) >= 11 is 0. The van der Waals surface area contributed by atoms with Crippen molar-refractivity contribution >= 4 is 5.91 Å². The minimum Gasteiger partial charge on any atom is -0.372 e. The van der Waals surface area contributed by atoms with E-state index in [0.29, 0.717) is 5.92 Å². The van der Waals surface area contributed by atoms with Gasteiger partial charge in [-0.2, -0.15) is 0 Å². The fourth-order valence-electron chi connectivity index (χ4n) is 2.26.